The number of anilines is 1. The van der Waals surface area contributed by atoms with Crippen LogP contribution in [0.4, 0.5) is 5.82 Å². The first-order valence-corrected chi connectivity index (χ1v) is 7.80. The second kappa shape index (κ2) is 7.89. The van der Waals surface area contributed by atoms with Crippen LogP contribution >= 0.6 is 0 Å². The van der Waals surface area contributed by atoms with Gasteiger partial charge in [-0.1, -0.05) is 42.5 Å². The number of esters is 1. The number of rotatable bonds is 6. The molecule has 1 heterocycles. The number of fused-ring (bicyclic) bond motifs is 1. The molecule has 2 aromatic carbocycles. The van der Waals surface area contributed by atoms with Crippen LogP contribution in [0.3, 0.4) is 0 Å². The maximum Gasteiger partial charge on any atom is 0.378 e. The minimum absolute atomic E-state index is 0.406. The second-order valence-electron chi connectivity index (χ2n) is 5.27. The molecule has 0 aliphatic heterocycles. The third-order valence-electron chi connectivity index (χ3n) is 3.61. The van der Waals surface area contributed by atoms with Gasteiger partial charge in [-0.25, -0.2) is 14.8 Å². The molecule has 0 aliphatic rings. The molecule has 130 valence electrons. The molecule has 3 aromatic rings. The van der Waals surface area contributed by atoms with Crippen LogP contribution < -0.4 is 10.9 Å². The lowest BCUT2D eigenvalue weighted by Gasteiger charge is -2.14. The zero-order chi connectivity index (χ0) is 18.4. The Morgan fingerprint density at radius 2 is 1.73 bits per heavy atom. The van der Waals surface area contributed by atoms with Gasteiger partial charge in [-0.15, -0.1) is 0 Å². The Kier molecular flexibility index (Phi) is 5.19. The Bertz CT molecular complexity index is 965. The zero-order valence-corrected chi connectivity index (χ0v) is 14.0. The highest BCUT2D eigenvalue weighted by Crippen LogP contribution is 2.19. The number of nitrogens with one attached hydrogen (secondary N) is 2. The van der Waals surface area contributed by atoms with Crippen LogP contribution in [-0.4, -0.2) is 28.8 Å². The number of ketones is 1. The van der Waals surface area contributed by atoms with Gasteiger partial charge in [0, 0.05) is 11.5 Å². The molecule has 0 saturated carbocycles. The van der Waals surface area contributed by atoms with Gasteiger partial charge in [0.2, 0.25) is 0 Å². The van der Waals surface area contributed by atoms with Gasteiger partial charge in [0.15, 0.2) is 5.82 Å². The van der Waals surface area contributed by atoms with Crippen molar-refractivity contribution in [2.45, 2.75) is 0 Å². The van der Waals surface area contributed by atoms with Crippen molar-refractivity contribution in [3.63, 3.8) is 0 Å². The van der Waals surface area contributed by atoms with Crippen LogP contribution in [0.5, 0.6) is 0 Å². The molecule has 7 heteroatoms. The third-order valence-corrected chi connectivity index (χ3v) is 3.61. The summed E-state index contributed by atoms with van der Waals surface area (Å²) in [5, 5.41) is 0.814. The summed E-state index contributed by atoms with van der Waals surface area (Å²) < 4.78 is 4.47. The van der Waals surface area contributed by atoms with Crippen molar-refractivity contribution in [3.05, 3.63) is 72.6 Å². The van der Waals surface area contributed by atoms with Crippen LogP contribution in [0.15, 0.2) is 67.0 Å². The maximum absolute atomic E-state index is 11.9. The van der Waals surface area contributed by atoms with Crippen LogP contribution in [0.2, 0.25) is 0 Å². The van der Waals surface area contributed by atoms with E-state index < -0.39 is 11.8 Å². The van der Waals surface area contributed by atoms with Gasteiger partial charge in [-0.3, -0.25) is 15.6 Å². The third kappa shape index (κ3) is 3.84. The Labute approximate surface area is 149 Å². The number of nitrogens with zero attached hydrogens (tertiary/aromatic N) is 2. The highest BCUT2D eigenvalue weighted by molar-refractivity contribution is 6.39. The van der Waals surface area contributed by atoms with Crippen molar-refractivity contribution in [1.29, 1.82) is 0 Å². The predicted molar refractivity (Wildman–Crippen MR) is 97.7 cm³/mol. The SMILES string of the molecule is COC(=O)C(=O)/C=C(/NNc1ncnc2ccccc12)c1ccccc1. The Hall–Kier alpha value is -3.74. The molecule has 0 atom stereocenters. The summed E-state index contributed by atoms with van der Waals surface area (Å²) >= 11 is 0. The van der Waals surface area contributed by atoms with E-state index >= 15 is 0 Å². The molecule has 3 rings (SSSR count). The standard InChI is InChI=1S/C19H16N4O3/c1-26-19(25)17(24)11-16(13-7-3-2-4-8-13)22-23-18-14-9-5-6-10-15(14)20-12-21-18/h2-12,22H,1H3,(H,20,21,23)/b16-11+. The lowest BCUT2D eigenvalue weighted by molar-refractivity contribution is -0.149. The molecule has 0 amide bonds. The summed E-state index contributed by atoms with van der Waals surface area (Å²) in [6.45, 7) is 0. The Balaban J connectivity index is 1.90. The van der Waals surface area contributed by atoms with Crippen molar-refractivity contribution >= 4 is 34.2 Å². The van der Waals surface area contributed by atoms with E-state index in [1.165, 1.54) is 12.4 Å². The Morgan fingerprint density at radius 1 is 1.00 bits per heavy atom. The van der Waals surface area contributed by atoms with Gasteiger partial charge in [0.1, 0.15) is 6.33 Å². The largest absolute Gasteiger partial charge is 0.463 e. The van der Waals surface area contributed by atoms with Crippen LogP contribution in [0, 0.1) is 0 Å². The summed E-state index contributed by atoms with van der Waals surface area (Å²) in [6, 6.07) is 16.6. The first kappa shape index (κ1) is 17.1. The van der Waals surface area contributed by atoms with E-state index in [9.17, 15) is 9.59 Å². The highest BCUT2D eigenvalue weighted by atomic mass is 16.5. The number of hydrazine groups is 1. The number of hydrogen-bond donors (Lipinski definition) is 2. The minimum atomic E-state index is -0.937. The molecule has 0 radical (unpaired) electrons. The van der Waals surface area contributed by atoms with Gasteiger partial charge in [-0.2, -0.15) is 0 Å². The number of ether oxygens (including phenoxy) is 1. The number of para-hydroxylation sites is 1. The van der Waals surface area contributed by atoms with E-state index in [0.717, 1.165) is 23.6 Å². The number of carbonyl (C=O) groups excluding carboxylic acids is 2. The fraction of sp³-hybridized carbons (Fsp3) is 0.0526. The molecule has 0 fully saturated rings. The molecular formula is C19H16N4O3. The summed E-state index contributed by atoms with van der Waals surface area (Å²) in [5.41, 5.74) is 7.83. The van der Waals surface area contributed by atoms with E-state index in [2.05, 4.69) is 25.6 Å². The molecule has 26 heavy (non-hydrogen) atoms. The van der Waals surface area contributed by atoms with Crippen molar-refractivity contribution in [2.75, 3.05) is 12.5 Å². The highest BCUT2D eigenvalue weighted by Gasteiger charge is 2.13. The van der Waals surface area contributed by atoms with Crippen LogP contribution in [-0.2, 0) is 14.3 Å². The summed E-state index contributed by atoms with van der Waals surface area (Å²) in [5.74, 6) is -1.16. The first-order chi connectivity index (χ1) is 12.7. The lowest BCUT2D eigenvalue weighted by atomic mass is 10.1. The van der Waals surface area contributed by atoms with Gasteiger partial charge >= 0.3 is 5.97 Å². The van der Waals surface area contributed by atoms with Crippen LogP contribution in [0.1, 0.15) is 5.56 Å². The minimum Gasteiger partial charge on any atom is -0.463 e. The van der Waals surface area contributed by atoms with Gasteiger partial charge in [0.25, 0.3) is 5.78 Å². The molecule has 0 unspecified atom stereocenters. The Morgan fingerprint density at radius 3 is 2.50 bits per heavy atom. The van der Waals surface area contributed by atoms with E-state index in [4.69, 9.17) is 0 Å². The monoisotopic (exact) mass is 348 g/mol. The molecular weight excluding hydrogens is 332 g/mol. The van der Waals surface area contributed by atoms with Gasteiger partial charge < -0.3 is 4.74 Å². The topological polar surface area (TPSA) is 93.2 Å². The molecule has 0 bridgehead atoms. The smallest absolute Gasteiger partial charge is 0.378 e. The molecule has 7 nitrogen and oxygen atoms in total. The second-order valence-corrected chi connectivity index (χ2v) is 5.27. The average Bonchev–Trinajstić information content (AvgIpc) is 2.70. The molecule has 2 N–H and O–H groups in total. The van der Waals surface area contributed by atoms with Crippen molar-refractivity contribution in [3.8, 4) is 0 Å². The summed E-state index contributed by atoms with van der Waals surface area (Å²) in [4.78, 5) is 31.8. The van der Waals surface area contributed by atoms with E-state index in [-0.39, 0.29) is 0 Å². The lowest BCUT2D eigenvalue weighted by Crippen LogP contribution is -2.23. The van der Waals surface area contributed by atoms with E-state index in [0.29, 0.717) is 11.5 Å². The first-order valence-electron chi connectivity index (χ1n) is 7.80. The van der Waals surface area contributed by atoms with Crippen molar-refractivity contribution in [2.24, 2.45) is 0 Å². The summed E-state index contributed by atoms with van der Waals surface area (Å²) in [7, 11) is 1.16. The fourth-order valence-corrected chi connectivity index (χ4v) is 2.33. The quantitative estimate of drug-likeness (QED) is 0.306. The maximum atomic E-state index is 11.9. The number of benzene rings is 2. The normalized spacial score (nSPS) is 11.0. The summed E-state index contributed by atoms with van der Waals surface area (Å²) in [6.07, 6.45) is 2.62. The van der Waals surface area contributed by atoms with Gasteiger partial charge in [-0.05, 0) is 17.7 Å². The number of hydrogen-bond acceptors (Lipinski definition) is 7. The fourth-order valence-electron chi connectivity index (χ4n) is 2.33. The number of methoxy groups -OCH3 is 1. The van der Waals surface area contributed by atoms with Crippen LogP contribution in [0.25, 0.3) is 16.6 Å². The average molecular weight is 348 g/mol. The zero-order valence-electron chi connectivity index (χ0n) is 14.0. The van der Waals surface area contributed by atoms with Crippen molar-refractivity contribution < 1.29 is 14.3 Å². The predicted octanol–water partition coefficient (Wildman–Crippen LogP) is 2.33. The molecule has 0 aliphatic carbocycles. The number of aromatic nitrogens is 2. The van der Waals surface area contributed by atoms with Crippen molar-refractivity contribution in [1.82, 2.24) is 15.4 Å². The number of carbonyl (C=O) groups is 2. The molecule has 0 spiro atoms. The van der Waals surface area contributed by atoms with E-state index in [1.807, 2.05) is 54.6 Å². The molecule has 0 saturated heterocycles. The van der Waals surface area contributed by atoms with E-state index in [1.54, 1.807) is 0 Å². The molecule has 1 aromatic heterocycles. The van der Waals surface area contributed by atoms with Gasteiger partial charge in [0.05, 0.1) is 18.3 Å².